The molecule has 31 heavy (non-hydrogen) atoms. The smallest absolute Gasteiger partial charge is 0.339 e. The number of hydrogen-bond donors (Lipinski definition) is 1. The Labute approximate surface area is 176 Å². The second-order valence-electron chi connectivity index (χ2n) is 7.40. The van der Waals surface area contributed by atoms with Gasteiger partial charge in [-0.05, 0) is 56.4 Å². The third-order valence-electron chi connectivity index (χ3n) is 5.32. The molecule has 1 aliphatic carbocycles. The standard InChI is InChI=1S/C23H19F3N2O3/c1-12(22(29)28-18-11-10-15(24)20(25)21(18)26)31-23(30)19-13-6-2-4-8-16(13)27-17-9-5-3-7-14(17)19/h2,4,6,8,10-12H,3,5,7,9H2,1H3,(H,28,29). The van der Waals surface area contributed by atoms with Crippen LogP contribution in [0.2, 0.25) is 0 Å². The number of benzene rings is 2. The fourth-order valence-corrected chi connectivity index (χ4v) is 3.74. The Balaban J connectivity index is 1.59. The number of halogens is 3. The first kappa shape index (κ1) is 20.8. The van der Waals surface area contributed by atoms with Crippen LogP contribution in [0.1, 0.15) is 41.4 Å². The molecule has 0 bridgehead atoms. The van der Waals surface area contributed by atoms with Crippen LogP contribution in [0.5, 0.6) is 0 Å². The van der Waals surface area contributed by atoms with Gasteiger partial charge in [0.1, 0.15) is 0 Å². The van der Waals surface area contributed by atoms with E-state index in [1.54, 1.807) is 12.1 Å². The fourth-order valence-electron chi connectivity index (χ4n) is 3.74. The number of carbonyl (C=O) groups excluding carboxylic acids is 2. The summed E-state index contributed by atoms with van der Waals surface area (Å²) in [6, 6.07) is 8.79. The largest absolute Gasteiger partial charge is 0.449 e. The lowest BCUT2D eigenvalue weighted by atomic mass is 9.90. The maximum absolute atomic E-state index is 13.8. The van der Waals surface area contributed by atoms with Crippen LogP contribution in [0.4, 0.5) is 18.9 Å². The van der Waals surface area contributed by atoms with Crippen LogP contribution in [0.25, 0.3) is 10.9 Å². The first-order valence-electron chi connectivity index (χ1n) is 9.92. The molecular weight excluding hydrogens is 409 g/mol. The molecule has 1 heterocycles. The van der Waals surface area contributed by atoms with E-state index >= 15 is 0 Å². The second-order valence-corrected chi connectivity index (χ2v) is 7.40. The number of aryl methyl sites for hydroxylation is 1. The highest BCUT2D eigenvalue weighted by Crippen LogP contribution is 2.30. The minimum atomic E-state index is -1.70. The Morgan fingerprint density at radius 2 is 1.77 bits per heavy atom. The summed E-state index contributed by atoms with van der Waals surface area (Å²) in [5.74, 6) is -6.15. The van der Waals surface area contributed by atoms with Gasteiger partial charge in [0.25, 0.3) is 5.91 Å². The number of nitrogens with zero attached hydrogens (tertiary/aromatic N) is 1. The van der Waals surface area contributed by atoms with Crippen LogP contribution in [-0.4, -0.2) is 23.0 Å². The molecule has 1 aliphatic rings. The minimum absolute atomic E-state index is 0.374. The minimum Gasteiger partial charge on any atom is -0.449 e. The summed E-state index contributed by atoms with van der Waals surface area (Å²) in [7, 11) is 0. The normalized spacial score (nSPS) is 14.1. The van der Waals surface area contributed by atoms with Crippen LogP contribution in [0, 0.1) is 17.5 Å². The van der Waals surface area contributed by atoms with Crippen molar-refractivity contribution < 1.29 is 27.5 Å². The van der Waals surface area contributed by atoms with E-state index in [0.29, 0.717) is 29.0 Å². The van der Waals surface area contributed by atoms with Crippen molar-refractivity contribution in [1.82, 2.24) is 4.98 Å². The monoisotopic (exact) mass is 428 g/mol. The van der Waals surface area contributed by atoms with Crippen molar-refractivity contribution in [1.29, 1.82) is 0 Å². The number of aromatic nitrogens is 1. The number of carbonyl (C=O) groups is 2. The number of fused-ring (bicyclic) bond motifs is 2. The molecule has 1 amide bonds. The van der Waals surface area contributed by atoms with E-state index in [2.05, 4.69) is 10.3 Å². The molecule has 5 nitrogen and oxygen atoms in total. The first-order chi connectivity index (χ1) is 14.9. The number of nitrogens with one attached hydrogen (secondary N) is 1. The number of ether oxygens (including phenoxy) is 1. The summed E-state index contributed by atoms with van der Waals surface area (Å²) in [4.78, 5) is 30.1. The van der Waals surface area contributed by atoms with Crippen molar-refractivity contribution in [3.63, 3.8) is 0 Å². The van der Waals surface area contributed by atoms with E-state index in [1.807, 2.05) is 12.1 Å². The number of para-hydroxylation sites is 1. The Bertz CT molecular complexity index is 1200. The molecule has 160 valence electrons. The lowest BCUT2D eigenvalue weighted by Gasteiger charge is -2.21. The summed E-state index contributed by atoms with van der Waals surface area (Å²) in [5.41, 5.74) is 2.15. The number of pyridine rings is 1. The average molecular weight is 428 g/mol. The van der Waals surface area contributed by atoms with E-state index in [1.165, 1.54) is 6.92 Å². The maximum Gasteiger partial charge on any atom is 0.339 e. The van der Waals surface area contributed by atoms with Crippen molar-refractivity contribution in [2.45, 2.75) is 38.7 Å². The lowest BCUT2D eigenvalue weighted by molar-refractivity contribution is -0.123. The Kier molecular flexibility index (Phi) is 5.63. The van der Waals surface area contributed by atoms with Crippen LogP contribution in [0.15, 0.2) is 36.4 Å². The predicted molar refractivity (Wildman–Crippen MR) is 108 cm³/mol. The van der Waals surface area contributed by atoms with Crippen molar-refractivity contribution in [3.8, 4) is 0 Å². The topological polar surface area (TPSA) is 68.3 Å². The third-order valence-corrected chi connectivity index (χ3v) is 5.32. The number of rotatable bonds is 4. The molecule has 3 aromatic rings. The number of hydrogen-bond acceptors (Lipinski definition) is 4. The third kappa shape index (κ3) is 3.97. The van der Waals surface area contributed by atoms with Crippen molar-refractivity contribution in [2.75, 3.05) is 5.32 Å². The van der Waals surface area contributed by atoms with Crippen LogP contribution in [0.3, 0.4) is 0 Å². The van der Waals surface area contributed by atoms with Gasteiger partial charge < -0.3 is 10.1 Å². The summed E-state index contributed by atoms with van der Waals surface area (Å²) in [6.07, 6.45) is 2.03. The second kappa shape index (κ2) is 8.37. The molecule has 8 heteroatoms. The van der Waals surface area contributed by atoms with Crippen molar-refractivity contribution in [3.05, 3.63) is 70.7 Å². The van der Waals surface area contributed by atoms with Gasteiger partial charge in [-0.2, -0.15) is 0 Å². The summed E-state index contributed by atoms with van der Waals surface area (Å²) >= 11 is 0. The molecule has 0 saturated carbocycles. The zero-order valence-corrected chi connectivity index (χ0v) is 16.7. The molecule has 0 saturated heterocycles. The van der Waals surface area contributed by atoms with Crippen LogP contribution in [-0.2, 0) is 22.4 Å². The van der Waals surface area contributed by atoms with Gasteiger partial charge in [-0.1, -0.05) is 18.2 Å². The van der Waals surface area contributed by atoms with Gasteiger partial charge in [0.2, 0.25) is 0 Å². The molecule has 0 fully saturated rings. The molecular formula is C23H19F3N2O3. The molecule has 4 rings (SSSR count). The summed E-state index contributed by atoms with van der Waals surface area (Å²) in [5, 5.41) is 2.76. The summed E-state index contributed by atoms with van der Waals surface area (Å²) in [6.45, 7) is 1.32. The van der Waals surface area contributed by atoms with E-state index < -0.39 is 41.1 Å². The molecule has 1 atom stereocenters. The highest BCUT2D eigenvalue weighted by Gasteiger charge is 2.27. The van der Waals surface area contributed by atoms with E-state index in [0.717, 1.165) is 36.6 Å². The molecule has 1 unspecified atom stereocenters. The number of esters is 1. The molecule has 1 N–H and O–H groups in total. The van der Waals surface area contributed by atoms with Gasteiger partial charge in [0.15, 0.2) is 23.6 Å². The highest BCUT2D eigenvalue weighted by molar-refractivity contribution is 6.06. The first-order valence-corrected chi connectivity index (χ1v) is 9.92. The van der Waals surface area contributed by atoms with Gasteiger partial charge in [0, 0.05) is 11.1 Å². The summed E-state index contributed by atoms with van der Waals surface area (Å²) < 4.78 is 45.7. The number of amides is 1. The maximum atomic E-state index is 13.8. The molecule has 0 aliphatic heterocycles. The van der Waals surface area contributed by atoms with Gasteiger partial charge in [-0.15, -0.1) is 0 Å². The Morgan fingerprint density at radius 3 is 2.58 bits per heavy atom. The SMILES string of the molecule is CC(OC(=O)c1c2c(nc3ccccc13)CCCC2)C(=O)Nc1ccc(F)c(F)c1F. The molecule has 0 spiro atoms. The molecule has 2 aromatic carbocycles. The predicted octanol–water partition coefficient (Wildman–Crippen LogP) is 4.71. The van der Waals surface area contributed by atoms with Gasteiger partial charge in [0.05, 0.1) is 16.8 Å². The van der Waals surface area contributed by atoms with E-state index in [4.69, 9.17) is 4.74 Å². The molecule has 1 aromatic heterocycles. The zero-order valence-electron chi connectivity index (χ0n) is 16.7. The fraction of sp³-hybridized carbons (Fsp3) is 0.261. The zero-order chi connectivity index (χ0) is 22.1. The highest BCUT2D eigenvalue weighted by atomic mass is 19.2. The average Bonchev–Trinajstić information content (AvgIpc) is 2.77. The van der Waals surface area contributed by atoms with Crippen molar-refractivity contribution in [2.24, 2.45) is 0 Å². The Hall–Kier alpha value is -3.42. The van der Waals surface area contributed by atoms with Crippen LogP contribution >= 0.6 is 0 Å². The lowest BCUT2D eigenvalue weighted by Crippen LogP contribution is -2.31. The number of anilines is 1. The van der Waals surface area contributed by atoms with E-state index in [-0.39, 0.29) is 0 Å². The van der Waals surface area contributed by atoms with E-state index in [9.17, 15) is 22.8 Å². The van der Waals surface area contributed by atoms with Gasteiger partial charge >= 0.3 is 5.97 Å². The van der Waals surface area contributed by atoms with Gasteiger partial charge in [-0.3, -0.25) is 9.78 Å². The van der Waals surface area contributed by atoms with Crippen LogP contribution < -0.4 is 5.32 Å². The quantitative estimate of drug-likeness (QED) is 0.483. The Morgan fingerprint density at radius 1 is 1.03 bits per heavy atom. The molecule has 0 radical (unpaired) electrons. The van der Waals surface area contributed by atoms with Crippen molar-refractivity contribution >= 4 is 28.5 Å². The van der Waals surface area contributed by atoms with Gasteiger partial charge in [-0.25, -0.2) is 18.0 Å².